The van der Waals surface area contributed by atoms with E-state index in [1.54, 1.807) is 45.0 Å². The van der Waals surface area contributed by atoms with Crippen LogP contribution in [0.1, 0.15) is 26.3 Å². The summed E-state index contributed by atoms with van der Waals surface area (Å²) in [6, 6.07) is 10.7. The smallest absolute Gasteiger partial charge is 0.398 e. The Balaban J connectivity index is 2.18. The number of carbonyl (C=O) groups excluding carboxylic acids is 2. The van der Waals surface area contributed by atoms with Crippen LogP contribution in [0.5, 0.6) is 0 Å². The SMILES string of the molecule is CC(C)(C)OC(=O)C(=O)NN(Cc1ccc(-c2cc(Cl)ccc2F)cc1)CC(O)C(=O)O. The number of nitrogens with one attached hydrogen (secondary N) is 1. The van der Waals surface area contributed by atoms with E-state index >= 15 is 0 Å². The molecule has 0 bridgehead atoms. The molecule has 2 rings (SSSR count). The lowest BCUT2D eigenvalue weighted by atomic mass is 10.0. The standard InChI is InChI=1S/C22H24ClFN2O6/c1-22(2,3)32-21(31)19(28)25-26(12-18(27)20(29)30)11-13-4-6-14(7-5-13)16-10-15(23)8-9-17(16)24/h4-10,18,27H,11-12H2,1-3H3,(H,25,28)(H,29,30). The van der Waals surface area contributed by atoms with E-state index in [0.717, 1.165) is 5.01 Å². The predicted molar refractivity (Wildman–Crippen MR) is 115 cm³/mol. The molecule has 2 aromatic carbocycles. The molecule has 0 saturated carbocycles. The van der Waals surface area contributed by atoms with Crippen molar-refractivity contribution in [1.82, 2.24) is 10.4 Å². The van der Waals surface area contributed by atoms with Crippen LogP contribution in [-0.2, 0) is 25.7 Å². The Bertz CT molecular complexity index is 991. The fraction of sp³-hybridized carbons (Fsp3) is 0.318. The van der Waals surface area contributed by atoms with E-state index in [2.05, 4.69) is 5.43 Å². The third kappa shape index (κ3) is 7.60. The Labute approximate surface area is 189 Å². The lowest BCUT2D eigenvalue weighted by Gasteiger charge is -2.25. The van der Waals surface area contributed by atoms with E-state index in [0.29, 0.717) is 21.7 Å². The average molecular weight is 467 g/mol. The monoisotopic (exact) mass is 466 g/mol. The van der Waals surface area contributed by atoms with Gasteiger partial charge in [-0.3, -0.25) is 10.2 Å². The second-order valence-corrected chi connectivity index (χ2v) is 8.43. The number of esters is 1. The molecule has 0 spiro atoms. The maximum absolute atomic E-state index is 14.1. The molecule has 0 heterocycles. The van der Waals surface area contributed by atoms with Crippen molar-refractivity contribution >= 4 is 29.4 Å². The summed E-state index contributed by atoms with van der Waals surface area (Å²) in [5, 5.41) is 20.1. The highest BCUT2D eigenvalue weighted by atomic mass is 35.5. The van der Waals surface area contributed by atoms with E-state index in [4.69, 9.17) is 21.4 Å². The average Bonchev–Trinajstić information content (AvgIpc) is 2.69. The van der Waals surface area contributed by atoms with Crippen molar-refractivity contribution in [1.29, 1.82) is 0 Å². The van der Waals surface area contributed by atoms with E-state index in [9.17, 15) is 23.9 Å². The predicted octanol–water partition coefficient (Wildman–Crippen LogP) is 2.77. The highest BCUT2D eigenvalue weighted by Crippen LogP contribution is 2.26. The summed E-state index contributed by atoms with van der Waals surface area (Å²) in [6.45, 7) is 4.24. The molecule has 32 heavy (non-hydrogen) atoms. The molecule has 1 amide bonds. The minimum absolute atomic E-state index is 0.0445. The first-order valence-electron chi connectivity index (χ1n) is 9.60. The molecular weight excluding hydrogens is 443 g/mol. The van der Waals surface area contributed by atoms with Gasteiger partial charge in [0, 0.05) is 17.1 Å². The highest BCUT2D eigenvalue weighted by Gasteiger charge is 2.26. The summed E-state index contributed by atoms with van der Waals surface area (Å²) < 4.78 is 19.1. The van der Waals surface area contributed by atoms with Gasteiger partial charge in [0.05, 0.1) is 6.54 Å². The van der Waals surface area contributed by atoms with Gasteiger partial charge in [0.2, 0.25) is 0 Å². The lowest BCUT2D eigenvalue weighted by molar-refractivity contribution is -0.166. The van der Waals surface area contributed by atoms with Crippen LogP contribution in [0, 0.1) is 5.82 Å². The number of aliphatic hydroxyl groups is 1. The molecule has 172 valence electrons. The van der Waals surface area contributed by atoms with Crippen molar-refractivity contribution in [2.45, 2.75) is 39.0 Å². The molecule has 0 aliphatic rings. The van der Waals surface area contributed by atoms with E-state index in [1.807, 2.05) is 0 Å². The Hall–Kier alpha value is -3.01. The molecule has 1 unspecified atom stereocenters. The van der Waals surface area contributed by atoms with Crippen molar-refractivity contribution in [3.63, 3.8) is 0 Å². The summed E-state index contributed by atoms with van der Waals surface area (Å²) in [7, 11) is 0. The van der Waals surface area contributed by atoms with Crippen molar-refractivity contribution in [3.05, 3.63) is 58.9 Å². The fourth-order valence-corrected chi connectivity index (χ4v) is 2.85. The van der Waals surface area contributed by atoms with E-state index in [-0.39, 0.29) is 6.54 Å². The van der Waals surface area contributed by atoms with Crippen LogP contribution in [0.15, 0.2) is 42.5 Å². The second-order valence-electron chi connectivity index (χ2n) is 8.00. The molecule has 0 aliphatic heterocycles. The summed E-state index contributed by atoms with van der Waals surface area (Å²) >= 11 is 5.93. The minimum atomic E-state index is -1.81. The first kappa shape index (κ1) is 25.3. The van der Waals surface area contributed by atoms with Gasteiger partial charge in [-0.05, 0) is 50.1 Å². The fourth-order valence-electron chi connectivity index (χ4n) is 2.68. The highest BCUT2D eigenvalue weighted by molar-refractivity contribution is 6.32. The number of aliphatic carboxylic acids is 1. The van der Waals surface area contributed by atoms with Crippen molar-refractivity contribution in [2.75, 3.05) is 6.54 Å². The number of aliphatic hydroxyl groups excluding tert-OH is 1. The molecule has 0 aromatic heterocycles. The second kappa shape index (κ2) is 10.5. The van der Waals surface area contributed by atoms with Crippen LogP contribution in [0.4, 0.5) is 4.39 Å². The number of hydrazine groups is 1. The van der Waals surface area contributed by atoms with Gasteiger partial charge in [0.1, 0.15) is 11.4 Å². The summed E-state index contributed by atoms with van der Waals surface area (Å²) in [5.74, 6) is -4.21. The summed E-state index contributed by atoms with van der Waals surface area (Å²) in [6.07, 6.45) is -1.81. The number of amides is 1. The Kier molecular flexibility index (Phi) is 8.31. The van der Waals surface area contributed by atoms with Gasteiger partial charge in [0.15, 0.2) is 6.10 Å². The number of carbonyl (C=O) groups is 3. The van der Waals surface area contributed by atoms with Crippen LogP contribution < -0.4 is 5.43 Å². The quantitative estimate of drug-likeness (QED) is 0.326. The van der Waals surface area contributed by atoms with Crippen LogP contribution in [-0.4, -0.2) is 51.3 Å². The molecule has 0 saturated heterocycles. The van der Waals surface area contributed by atoms with Crippen molar-refractivity contribution < 1.29 is 33.7 Å². The number of halogens is 2. The molecule has 10 heteroatoms. The topological polar surface area (TPSA) is 116 Å². The molecule has 1 atom stereocenters. The number of ether oxygens (including phenoxy) is 1. The van der Waals surface area contributed by atoms with Crippen molar-refractivity contribution in [2.24, 2.45) is 0 Å². The largest absolute Gasteiger partial charge is 0.479 e. The van der Waals surface area contributed by atoms with Gasteiger partial charge in [-0.1, -0.05) is 35.9 Å². The molecule has 2 aromatic rings. The summed E-state index contributed by atoms with van der Waals surface area (Å²) in [4.78, 5) is 35.1. The van der Waals surface area contributed by atoms with Gasteiger partial charge >= 0.3 is 17.8 Å². The van der Waals surface area contributed by atoms with Gasteiger partial charge in [-0.25, -0.2) is 19.0 Å². The zero-order valence-corrected chi connectivity index (χ0v) is 18.5. The number of nitrogens with zero attached hydrogens (tertiary/aromatic N) is 1. The van der Waals surface area contributed by atoms with Gasteiger partial charge in [-0.15, -0.1) is 0 Å². The lowest BCUT2D eigenvalue weighted by Crippen LogP contribution is -2.50. The minimum Gasteiger partial charge on any atom is -0.479 e. The molecular formula is C22H24ClFN2O6. The molecule has 0 fully saturated rings. The Morgan fingerprint density at radius 1 is 1.16 bits per heavy atom. The number of benzene rings is 2. The van der Waals surface area contributed by atoms with E-state index < -0.39 is 41.9 Å². The zero-order valence-electron chi connectivity index (χ0n) is 17.8. The van der Waals surface area contributed by atoms with Gasteiger partial charge in [0.25, 0.3) is 0 Å². The van der Waals surface area contributed by atoms with Crippen LogP contribution in [0.3, 0.4) is 0 Å². The number of hydrogen-bond acceptors (Lipinski definition) is 6. The number of hydrogen-bond donors (Lipinski definition) is 3. The Morgan fingerprint density at radius 3 is 2.34 bits per heavy atom. The number of carboxylic acids is 1. The molecule has 0 aliphatic carbocycles. The first-order chi connectivity index (χ1) is 14.9. The molecule has 3 N–H and O–H groups in total. The number of carboxylic acid groups (broad SMARTS) is 1. The molecule has 0 radical (unpaired) electrons. The van der Waals surface area contributed by atoms with E-state index in [1.165, 1.54) is 18.2 Å². The summed E-state index contributed by atoms with van der Waals surface area (Å²) in [5.41, 5.74) is 2.82. The van der Waals surface area contributed by atoms with Crippen LogP contribution >= 0.6 is 11.6 Å². The van der Waals surface area contributed by atoms with Crippen molar-refractivity contribution in [3.8, 4) is 11.1 Å². The Morgan fingerprint density at radius 2 is 1.78 bits per heavy atom. The zero-order chi connectivity index (χ0) is 24.1. The van der Waals surface area contributed by atoms with Crippen LogP contribution in [0.2, 0.25) is 5.02 Å². The number of rotatable bonds is 7. The third-order valence-corrected chi connectivity index (χ3v) is 4.32. The maximum atomic E-state index is 14.1. The molecule has 8 nitrogen and oxygen atoms in total. The van der Waals surface area contributed by atoms with Gasteiger partial charge in [-0.2, -0.15) is 0 Å². The first-order valence-corrected chi connectivity index (χ1v) is 9.97. The maximum Gasteiger partial charge on any atom is 0.398 e. The van der Waals surface area contributed by atoms with Gasteiger partial charge < -0.3 is 14.9 Å². The third-order valence-electron chi connectivity index (χ3n) is 4.09. The van der Waals surface area contributed by atoms with Crippen LogP contribution in [0.25, 0.3) is 11.1 Å². The normalized spacial score (nSPS) is 12.3.